The quantitative estimate of drug-likeness (QED) is 0.396. The number of imide groups is 1. The van der Waals surface area contributed by atoms with Crippen molar-refractivity contribution in [1.82, 2.24) is 9.97 Å². The predicted octanol–water partition coefficient (Wildman–Crippen LogP) is 6.20. The number of methoxy groups -OCH3 is 1. The van der Waals surface area contributed by atoms with E-state index >= 15 is 0 Å². The zero-order valence-corrected chi connectivity index (χ0v) is 21.1. The fourth-order valence-corrected chi connectivity index (χ4v) is 4.30. The fourth-order valence-electron chi connectivity index (χ4n) is 3.68. The number of halogens is 3. The zero-order valence-electron chi connectivity index (χ0n) is 18.9. The highest BCUT2D eigenvalue weighted by atomic mass is 35.5. The number of nitrogens with zero attached hydrogens (tertiary/aromatic N) is 4. The van der Waals surface area contributed by atoms with Gasteiger partial charge in [0.05, 0.1) is 30.2 Å². The third-order valence-corrected chi connectivity index (χ3v) is 6.12. The third kappa shape index (κ3) is 5.10. The molecule has 3 aromatic rings. The Bertz CT molecular complexity index is 1330. The molecule has 35 heavy (non-hydrogen) atoms. The van der Waals surface area contributed by atoms with Gasteiger partial charge in [0.15, 0.2) is 5.60 Å². The molecule has 1 atom stereocenters. The van der Waals surface area contributed by atoms with Gasteiger partial charge in [-0.3, -0.25) is 4.79 Å². The van der Waals surface area contributed by atoms with Gasteiger partial charge < -0.3 is 9.57 Å². The van der Waals surface area contributed by atoms with Gasteiger partial charge in [-0.15, -0.1) is 0 Å². The molecule has 4 rings (SSSR count). The number of carbonyl (C=O) groups excluding carboxylic acids is 2. The van der Waals surface area contributed by atoms with Crippen molar-refractivity contribution < 1.29 is 19.2 Å². The number of amides is 2. The molecular formula is C24H19Cl3N4O4. The van der Waals surface area contributed by atoms with E-state index in [0.29, 0.717) is 27.7 Å². The second kappa shape index (κ2) is 9.81. The smallest absolute Gasteiger partial charge is 0.423 e. The number of rotatable bonds is 4. The third-order valence-electron chi connectivity index (χ3n) is 5.49. The summed E-state index contributed by atoms with van der Waals surface area (Å²) in [6.07, 6.45) is 2.10. The lowest BCUT2D eigenvalue weighted by atomic mass is 9.88. The first-order chi connectivity index (χ1) is 16.6. The van der Waals surface area contributed by atoms with E-state index in [1.165, 1.54) is 12.4 Å². The second-order valence-corrected chi connectivity index (χ2v) is 9.35. The van der Waals surface area contributed by atoms with E-state index in [1.54, 1.807) is 43.3 Å². The van der Waals surface area contributed by atoms with E-state index in [0.717, 1.165) is 23.1 Å². The number of carbonyl (C=O) groups is 2. The Morgan fingerprint density at radius 3 is 2.29 bits per heavy atom. The van der Waals surface area contributed by atoms with Crippen LogP contribution in [-0.2, 0) is 15.2 Å². The van der Waals surface area contributed by atoms with Crippen molar-refractivity contribution >= 4 is 58.5 Å². The maximum absolute atomic E-state index is 13.3. The summed E-state index contributed by atoms with van der Waals surface area (Å²) in [6, 6.07) is 10.4. The lowest BCUT2D eigenvalue weighted by Crippen LogP contribution is -2.38. The number of oxime groups is 1. The van der Waals surface area contributed by atoms with E-state index in [2.05, 4.69) is 15.1 Å². The summed E-state index contributed by atoms with van der Waals surface area (Å²) < 4.78 is 4.76. The van der Waals surface area contributed by atoms with Crippen LogP contribution in [0.2, 0.25) is 15.1 Å². The number of hydrogen-bond acceptors (Lipinski definition) is 7. The summed E-state index contributed by atoms with van der Waals surface area (Å²) in [7, 11) is 1.16. The van der Waals surface area contributed by atoms with Crippen LogP contribution in [0.4, 0.5) is 10.7 Å². The Balaban J connectivity index is 1.60. The predicted molar refractivity (Wildman–Crippen MR) is 133 cm³/mol. The standard InChI is InChI=1S/C24H19Cl3N4O4/c1-13-6-14(20-10-24(2,35-30-20)15-7-16(25)9-17(26)8-15)4-5-19(13)21(32)31(23(33)34-3)22-28-11-18(27)12-29-22/h4-9,11-12H,10H2,1-3H3. The summed E-state index contributed by atoms with van der Waals surface area (Å²) in [6.45, 7) is 3.65. The fraction of sp³-hybridized carbons (Fsp3) is 0.208. The molecule has 0 spiro atoms. The average Bonchev–Trinajstić information content (AvgIpc) is 3.23. The first-order valence-electron chi connectivity index (χ1n) is 10.3. The zero-order chi connectivity index (χ0) is 25.3. The maximum Gasteiger partial charge on any atom is 0.423 e. The molecule has 0 aliphatic carbocycles. The SMILES string of the molecule is COC(=O)N(C(=O)c1ccc(C2=NOC(C)(c3cc(Cl)cc(Cl)c3)C2)cc1C)c1ncc(Cl)cn1. The number of aromatic nitrogens is 2. The van der Waals surface area contributed by atoms with Gasteiger partial charge in [-0.2, -0.15) is 4.90 Å². The number of aryl methyl sites for hydroxylation is 1. The molecular weight excluding hydrogens is 515 g/mol. The molecule has 1 aliphatic rings. The van der Waals surface area contributed by atoms with Crippen LogP contribution in [-0.4, -0.2) is 34.8 Å². The molecule has 0 fully saturated rings. The Kier molecular flexibility index (Phi) is 6.98. The van der Waals surface area contributed by atoms with Gasteiger partial charge in [0, 0.05) is 27.6 Å². The first kappa shape index (κ1) is 24.9. The largest absolute Gasteiger partial charge is 0.452 e. The minimum absolute atomic E-state index is 0.153. The molecule has 2 heterocycles. The highest BCUT2D eigenvalue weighted by Gasteiger charge is 2.37. The van der Waals surface area contributed by atoms with Crippen LogP contribution in [0.1, 0.15) is 40.4 Å². The molecule has 2 amide bonds. The summed E-state index contributed by atoms with van der Waals surface area (Å²) in [5.41, 5.74) is 2.38. The van der Waals surface area contributed by atoms with E-state index in [9.17, 15) is 9.59 Å². The summed E-state index contributed by atoms with van der Waals surface area (Å²) in [4.78, 5) is 40.1. The lowest BCUT2D eigenvalue weighted by Gasteiger charge is -2.22. The number of benzene rings is 2. The molecule has 0 bridgehead atoms. The molecule has 0 saturated carbocycles. The summed E-state index contributed by atoms with van der Waals surface area (Å²) in [5.74, 6) is -0.800. The van der Waals surface area contributed by atoms with Crippen LogP contribution in [0.3, 0.4) is 0 Å². The number of hydrogen-bond donors (Lipinski definition) is 0. The Morgan fingerprint density at radius 1 is 1.03 bits per heavy atom. The Labute approximate surface area is 216 Å². The van der Waals surface area contributed by atoms with Gasteiger partial charge in [-0.25, -0.2) is 14.8 Å². The normalized spacial score (nSPS) is 16.9. The van der Waals surface area contributed by atoms with Crippen molar-refractivity contribution in [2.24, 2.45) is 5.16 Å². The van der Waals surface area contributed by atoms with Crippen LogP contribution in [0.25, 0.3) is 0 Å². The molecule has 180 valence electrons. The van der Waals surface area contributed by atoms with Crippen LogP contribution >= 0.6 is 34.8 Å². The van der Waals surface area contributed by atoms with Crippen LogP contribution in [0, 0.1) is 6.92 Å². The van der Waals surface area contributed by atoms with E-state index in [1.807, 2.05) is 6.92 Å². The van der Waals surface area contributed by atoms with Crippen LogP contribution < -0.4 is 4.90 Å². The van der Waals surface area contributed by atoms with E-state index < -0.39 is 17.6 Å². The Morgan fingerprint density at radius 2 is 1.69 bits per heavy atom. The van der Waals surface area contributed by atoms with Gasteiger partial charge in [-0.05, 0) is 55.3 Å². The molecule has 0 radical (unpaired) electrons. The first-order valence-corrected chi connectivity index (χ1v) is 11.5. The molecule has 1 unspecified atom stereocenters. The minimum Gasteiger partial charge on any atom is -0.452 e. The maximum atomic E-state index is 13.3. The average molecular weight is 534 g/mol. The van der Waals surface area contributed by atoms with Gasteiger partial charge in [-0.1, -0.05) is 46.0 Å². The van der Waals surface area contributed by atoms with Crippen LogP contribution in [0.5, 0.6) is 0 Å². The van der Waals surface area contributed by atoms with Gasteiger partial charge >= 0.3 is 6.09 Å². The molecule has 0 saturated heterocycles. The number of ether oxygens (including phenoxy) is 1. The Hall–Kier alpha value is -3.20. The summed E-state index contributed by atoms with van der Waals surface area (Å²) >= 11 is 18.1. The van der Waals surface area contributed by atoms with Crippen molar-refractivity contribution in [2.45, 2.75) is 25.9 Å². The van der Waals surface area contributed by atoms with E-state index in [-0.39, 0.29) is 16.5 Å². The van der Waals surface area contributed by atoms with Gasteiger partial charge in [0.2, 0.25) is 5.95 Å². The van der Waals surface area contributed by atoms with Gasteiger partial charge in [0.25, 0.3) is 5.91 Å². The van der Waals surface area contributed by atoms with Crippen LogP contribution in [0.15, 0.2) is 53.9 Å². The highest BCUT2D eigenvalue weighted by Crippen LogP contribution is 2.38. The van der Waals surface area contributed by atoms with Crippen molar-refractivity contribution in [3.05, 3.63) is 86.1 Å². The molecule has 8 nitrogen and oxygen atoms in total. The number of anilines is 1. The molecule has 2 aromatic carbocycles. The van der Waals surface area contributed by atoms with Gasteiger partial charge in [0.1, 0.15) is 0 Å². The second-order valence-electron chi connectivity index (χ2n) is 8.04. The highest BCUT2D eigenvalue weighted by molar-refractivity contribution is 6.34. The van der Waals surface area contributed by atoms with Crippen molar-refractivity contribution in [3.63, 3.8) is 0 Å². The van der Waals surface area contributed by atoms with Crippen molar-refractivity contribution in [1.29, 1.82) is 0 Å². The topological polar surface area (TPSA) is 94.0 Å². The molecule has 1 aromatic heterocycles. The molecule has 1 aliphatic heterocycles. The molecule has 11 heteroatoms. The lowest BCUT2D eigenvalue weighted by molar-refractivity contribution is -0.00737. The monoisotopic (exact) mass is 532 g/mol. The minimum atomic E-state index is -0.926. The van der Waals surface area contributed by atoms with Crippen molar-refractivity contribution in [2.75, 3.05) is 12.0 Å². The van der Waals surface area contributed by atoms with E-state index in [4.69, 9.17) is 44.4 Å². The molecule has 0 N–H and O–H groups in total. The van der Waals surface area contributed by atoms with Crippen molar-refractivity contribution in [3.8, 4) is 0 Å². The summed E-state index contributed by atoms with van der Waals surface area (Å²) in [5, 5.41) is 5.54.